The fraction of sp³-hybridized carbons (Fsp3) is 0.286. The molecule has 1 aliphatic rings. The fourth-order valence-corrected chi connectivity index (χ4v) is 3.12. The third kappa shape index (κ3) is 3.55. The molecule has 146 valence electrons. The molecule has 7 heteroatoms. The normalized spacial score (nSPS) is 16.8. The molecule has 0 spiro atoms. The second kappa shape index (κ2) is 7.34. The van der Waals surface area contributed by atoms with Crippen LogP contribution in [0.25, 0.3) is 0 Å². The number of benzene rings is 2. The molecule has 3 rings (SSSR count). The van der Waals surface area contributed by atoms with Gasteiger partial charge in [0.2, 0.25) is 5.91 Å². The number of carbonyl (C=O) groups is 3. The van der Waals surface area contributed by atoms with Crippen LogP contribution in [-0.4, -0.2) is 35.0 Å². The molecule has 7 nitrogen and oxygen atoms in total. The molecule has 1 heterocycles. The number of hydrogen-bond donors (Lipinski definition) is 2. The summed E-state index contributed by atoms with van der Waals surface area (Å²) < 4.78 is 5.56. The molecular weight excluding hydrogens is 360 g/mol. The van der Waals surface area contributed by atoms with Crippen molar-refractivity contribution < 1.29 is 24.2 Å². The molecule has 28 heavy (non-hydrogen) atoms. The monoisotopic (exact) mass is 382 g/mol. The number of rotatable bonds is 4. The lowest BCUT2D eigenvalue weighted by molar-refractivity contribution is -0.128. The van der Waals surface area contributed by atoms with E-state index in [1.807, 2.05) is 32.0 Å². The van der Waals surface area contributed by atoms with Crippen LogP contribution in [0.5, 0.6) is 5.75 Å². The van der Waals surface area contributed by atoms with Gasteiger partial charge < -0.3 is 15.2 Å². The molecule has 2 aromatic carbocycles. The maximum atomic E-state index is 12.9. The van der Waals surface area contributed by atoms with Crippen LogP contribution in [-0.2, 0) is 9.59 Å². The lowest BCUT2D eigenvalue weighted by atomic mass is 10.1. The van der Waals surface area contributed by atoms with Gasteiger partial charge >= 0.3 is 5.97 Å². The predicted molar refractivity (Wildman–Crippen MR) is 105 cm³/mol. The number of carboxylic acid groups (broad SMARTS) is 1. The third-order valence-electron chi connectivity index (χ3n) is 4.77. The number of carbonyl (C=O) groups excluding carboxylic acids is 2. The van der Waals surface area contributed by atoms with Gasteiger partial charge in [-0.1, -0.05) is 12.1 Å². The number of aromatic carboxylic acids is 1. The lowest BCUT2D eigenvalue weighted by Crippen LogP contribution is -2.52. The number of nitrogens with zero attached hydrogens (tertiary/aromatic N) is 1. The van der Waals surface area contributed by atoms with Gasteiger partial charge in [-0.05, 0) is 63.1 Å². The summed E-state index contributed by atoms with van der Waals surface area (Å²) in [7, 11) is 0. The summed E-state index contributed by atoms with van der Waals surface area (Å²) in [5, 5.41) is 12.1. The van der Waals surface area contributed by atoms with E-state index in [1.165, 1.54) is 23.1 Å². The Kier molecular flexibility index (Phi) is 5.09. The number of fused-ring (bicyclic) bond motifs is 1. The van der Waals surface area contributed by atoms with Crippen molar-refractivity contribution in [1.82, 2.24) is 0 Å². The van der Waals surface area contributed by atoms with E-state index in [0.29, 0.717) is 11.4 Å². The first-order chi connectivity index (χ1) is 13.2. The van der Waals surface area contributed by atoms with Crippen molar-refractivity contribution in [2.75, 3.05) is 10.2 Å². The topological polar surface area (TPSA) is 95.9 Å². The summed E-state index contributed by atoms with van der Waals surface area (Å²) in [6.07, 6.45) is -0.826. The Bertz CT molecular complexity index is 969. The van der Waals surface area contributed by atoms with E-state index in [2.05, 4.69) is 5.32 Å². The number of amides is 2. The molecule has 0 fully saturated rings. The zero-order valence-corrected chi connectivity index (χ0v) is 16.1. The van der Waals surface area contributed by atoms with Crippen molar-refractivity contribution in [3.8, 4) is 5.75 Å². The number of anilines is 2. The number of hydrogen-bond acceptors (Lipinski definition) is 4. The van der Waals surface area contributed by atoms with Crippen molar-refractivity contribution in [1.29, 1.82) is 0 Å². The minimum Gasteiger partial charge on any atom is -0.479 e. The van der Waals surface area contributed by atoms with Crippen molar-refractivity contribution in [3.05, 3.63) is 53.1 Å². The van der Waals surface area contributed by atoms with Crippen LogP contribution in [0.4, 0.5) is 11.4 Å². The summed E-state index contributed by atoms with van der Waals surface area (Å²) in [6, 6.07) is 9.17. The largest absolute Gasteiger partial charge is 0.479 e. The zero-order chi connectivity index (χ0) is 20.6. The van der Waals surface area contributed by atoms with Crippen molar-refractivity contribution in [2.45, 2.75) is 39.8 Å². The Balaban J connectivity index is 1.93. The number of carboxylic acids is 1. The fourth-order valence-electron chi connectivity index (χ4n) is 3.12. The van der Waals surface area contributed by atoms with Gasteiger partial charge in [-0.15, -0.1) is 0 Å². The summed E-state index contributed by atoms with van der Waals surface area (Å²) in [4.78, 5) is 38.2. The molecule has 2 unspecified atom stereocenters. The minimum absolute atomic E-state index is 0.0488. The molecule has 0 saturated carbocycles. The van der Waals surface area contributed by atoms with Gasteiger partial charge in [0.25, 0.3) is 5.91 Å². The molecule has 2 atom stereocenters. The standard InChI is InChI=1S/C21H22N2O5/c1-11-5-6-12(2)16(9-11)22-19(24)13(3)23-17-8-7-15(21(26)27)10-18(17)28-14(4)20(23)25/h5-10,13-14H,1-4H3,(H,22,24)(H,26,27). The van der Waals surface area contributed by atoms with Gasteiger partial charge in [-0.3, -0.25) is 14.5 Å². The Morgan fingerprint density at radius 2 is 1.89 bits per heavy atom. The molecule has 0 saturated heterocycles. The van der Waals surface area contributed by atoms with Gasteiger partial charge in [0, 0.05) is 5.69 Å². The van der Waals surface area contributed by atoms with Crippen molar-refractivity contribution in [2.24, 2.45) is 0 Å². The van der Waals surface area contributed by atoms with Crippen LogP contribution in [0.1, 0.15) is 35.3 Å². The van der Waals surface area contributed by atoms with Gasteiger partial charge in [0.15, 0.2) is 6.10 Å². The highest BCUT2D eigenvalue weighted by atomic mass is 16.5. The molecule has 2 N–H and O–H groups in total. The van der Waals surface area contributed by atoms with Crippen LogP contribution < -0.4 is 15.0 Å². The van der Waals surface area contributed by atoms with E-state index < -0.39 is 18.1 Å². The maximum absolute atomic E-state index is 12.9. The first-order valence-electron chi connectivity index (χ1n) is 8.94. The Labute approximate surface area is 162 Å². The van der Waals surface area contributed by atoms with E-state index in [0.717, 1.165) is 11.1 Å². The number of aryl methyl sites for hydroxylation is 2. The van der Waals surface area contributed by atoms with Crippen molar-refractivity contribution >= 4 is 29.2 Å². The molecule has 1 aliphatic heterocycles. The first-order valence-corrected chi connectivity index (χ1v) is 8.94. The smallest absolute Gasteiger partial charge is 0.335 e. The van der Waals surface area contributed by atoms with E-state index in [-0.39, 0.29) is 23.1 Å². The van der Waals surface area contributed by atoms with E-state index in [9.17, 15) is 19.5 Å². The third-order valence-corrected chi connectivity index (χ3v) is 4.77. The Morgan fingerprint density at radius 1 is 1.18 bits per heavy atom. The van der Waals surface area contributed by atoms with Crippen LogP contribution in [0, 0.1) is 13.8 Å². The second-order valence-corrected chi connectivity index (χ2v) is 6.94. The van der Waals surface area contributed by atoms with Gasteiger partial charge in [-0.2, -0.15) is 0 Å². The first kappa shape index (κ1) is 19.4. The molecule has 0 aromatic heterocycles. The SMILES string of the molecule is Cc1ccc(C)c(NC(=O)C(C)N2C(=O)C(C)Oc3cc(C(=O)O)ccc32)c1. The summed E-state index contributed by atoms with van der Waals surface area (Å²) >= 11 is 0. The highest BCUT2D eigenvalue weighted by Crippen LogP contribution is 2.36. The van der Waals surface area contributed by atoms with Crippen molar-refractivity contribution in [3.63, 3.8) is 0 Å². The maximum Gasteiger partial charge on any atom is 0.335 e. The van der Waals surface area contributed by atoms with Gasteiger partial charge in [0.05, 0.1) is 11.3 Å². The average molecular weight is 382 g/mol. The Morgan fingerprint density at radius 3 is 2.57 bits per heavy atom. The van der Waals surface area contributed by atoms with E-state index in [1.54, 1.807) is 13.8 Å². The van der Waals surface area contributed by atoms with Gasteiger partial charge in [-0.25, -0.2) is 4.79 Å². The summed E-state index contributed by atoms with van der Waals surface area (Å²) in [5.41, 5.74) is 3.03. The molecule has 2 aromatic rings. The van der Waals surface area contributed by atoms with Crippen LogP contribution in [0.15, 0.2) is 36.4 Å². The highest BCUT2D eigenvalue weighted by molar-refractivity contribution is 6.08. The second-order valence-electron chi connectivity index (χ2n) is 6.94. The van der Waals surface area contributed by atoms with Crippen LogP contribution >= 0.6 is 0 Å². The number of ether oxygens (including phenoxy) is 1. The molecule has 0 aliphatic carbocycles. The quantitative estimate of drug-likeness (QED) is 0.847. The zero-order valence-electron chi connectivity index (χ0n) is 16.1. The van der Waals surface area contributed by atoms with E-state index in [4.69, 9.17) is 4.74 Å². The Hall–Kier alpha value is -3.35. The minimum atomic E-state index is -1.09. The lowest BCUT2D eigenvalue weighted by Gasteiger charge is -2.36. The van der Waals surface area contributed by atoms with Crippen LogP contribution in [0.2, 0.25) is 0 Å². The summed E-state index contributed by atoms with van der Waals surface area (Å²) in [5.74, 6) is -1.54. The number of nitrogens with one attached hydrogen (secondary N) is 1. The summed E-state index contributed by atoms with van der Waals surface area (Å²) in [6.45, 7) is 7.03. The molecular formula is C21H22N2O5. The average Bonchev–Trinajstić information content (AvgIpc) is 2.64. The van der Waals surface area contributed by atoms with E-state index >= 15 is 0 Å². The molecule has 2 amide bonds. The molecule has 0 bridgehead atoms. The van der Waals surface area contributed by atoms with Crippen LogP contribution in [0.3, 0.4) is 0 Å². The molecule has 0 radical (unpaired) electrons. The van der Waals surface area contributed by atoms with Gasteiger partial charge in [0.1, 0.15) is 11.8 Å². The predicted octanol–water partition coefficient (Wildman–Crippen LogP) is 3.14. The highest BCUT2D eigenvalue weighted by Gasteiger charge is 2.37.